The minimum absolute atomic E-state index is 0.0405. The van der Waals surface area contributed by atoms with Crippen LogP contribution in [0, 0.1) is 0 Å². The van der Waals surface area contributed by atoms with Gasteiger partial charge < -0.3 is 14.2 Å². The summed E-state index contributed by atoms with van der Waals surface area (Å²) in [5, 5.41) is 0. The SMILES string of the molecule is COc1ccc(C(=O)O[C@H]2CCOC2=O)cc1S(=O)(=O)N1CCCC[C@H]1C. The number of carbonyl (C=O) groups excluding carboxylic acids is 2. The van der Waals surface area contributed by atoms with E-state index in [-0.39, 0.29) is 35.3 Å². The zero-order valence-corrected chi connectivity index (χ0v) is 16.2. The van der Waals surface area contributed by atoms with E-state index in [0.29, 0.717) is 6.54 Å². The summed E-state index contributed by atoms with van der Waals surface area (Å²) in [5.41, 5.74) is 0.0405. The molecule has 1 aromatic carbocycles. The second-order valence-electron chi connectivity index (χ2n) is 6.68. The molecule has 8 nitrogen and oxygen atoms in total. The van der Waals surface area contributed by atoms with E-state index >= 15 is 0 Å². The summed E-state index contributed by atoms with van der Waals surface area (Å²) in [6.45, 7) is 2.49. The number of nitrogens with zero attached hydrogens (tertiary/aromatic N) is 1. The predicted octanol–water partition coefficient (Wildman–Crippen LogP) is 1.73. The van der Waals surface area contributed by atoms with E-state index in [4.69, 9.17) is 14.2 Å². The third kappa shape index (κ3) is 3.93. The number of esters is 2. The van der Waals surface area contributed by atoms with Gasteiger partial charge in [0.1, 0.15) is 10.6 Å². The Labute approximate surface area is 158 Å². The van der Waals surface area contributed by atoms with Gasteiger partial charge in [0.2, 0.25) is 16.1 Å². The van der Waals surface area contributed by atoms with Crippen LogP contribution in [-0.4, -0.2) is 57.1 Å². The fraction of sp³-hybridized carbons (Fsp3) is 0.556. The highest BCUT2D eigenvalue weighted by Gasteiger charge is 2.35. The first-order chi connectivity index (χ1) is 12.8. The Kier molecular flexibility index (Phi) is 5.71. The van der Waals surface area contributed by atoms with Crippen molar-refractivity contribution in [3.05, 3.63) is 23.8 Å². The minimum Gasteiger partial charge on any atom is -0.495 e. The third-order valence-electron chi connectivity index (χ3n) is 4.86. The fourth-order valence-electron chi connectivity index (χ4n) is 3.34. The molecular weight excluding hydrogens is 374 g/mol. The zero-order valence-electron chi connectivity index (χ0n) is 15.3. The maximum atomic E-state index is 13.2. The fourth-order valence-corrected chi connectivity index (χ4v) is 5.22. The topological polar surface area (TPSA) is 99.2 Å². The average Bonchev–Trinajstić information content (AvgIpc) is 3.06. The lowest BCUT2D eigenvalue weighted by atomic mass is 10.1. The number of piperidine rings is 1. The number of carbonyl (C=O) groups is 2. The van der Waals surface area contributed by atoms with Crippen LogP contribution in [-0.2, 0) is 24.3 Å². The van der Waals surface area contributed by atoms with E-state index in [0.717, 1.165) is 19.3 Å². The highest BCUT2D eigenvalue weighted by Crippen LogP contribution is 2.32. The maximum absolute atomic E-state index is 13.2. The number of sulfonamides is 1. The molecule has 0 aromatic heterocycles. The molecule has 3 rings (SSSR count). The summed E-state index contributed by atoms with van der Waals surface area (Å²) in [5.74, 6) is -1.21. The van der Waals surface area contributed by atoms with Crippen molar-refractivity contribution < 1.29 is 32.2 Å². The van der Waals surface area contributed by atoms with Crippen molar-refractivity contribution in [2.45, 2.75) is 49.6 Å². The summed E-state index contributed by atoms with van der Waals surface area (Å²) in [6, 6.07) is 3.96. The Morgan fingerprint density at radius 2 is 2.04 bits per heavy atom. The average molecular weight is 397 g/mol. The Balaban J connectivity index is 1.91. The Morgan fingerprint density at radius 3 is 2.67 bits per heavy atom. The number of hydrogen-bond donors (Lipinski definition) is 0. The van der Waals surface area contributed by atoms with Crippen molar-refractivity contribution in [3.8, 4) is 5.75 Å². The molecule has 0 saturated carbocycles. The van der Waals surface area contributed by atoms with Crippen molar-refractivity contribution in [2.75, 3.05) is 20.3 Å². The molecule has 0 spiro atoms. The molecule has 148 valence electrons. The van der Waals surface area contributed by atoms with E-state index in [1.165, 1.54) is 29.6 Å². The van der Waals surface area contributed by atoms with E-state index < -0.39 is 28.1 Å². The lowest BCUT2D eigenvalue weighted by Crippen LogP contribution is -2.42. The highest BCUT2D eigenvalue weighted by atomic mass is 32.2. The molecule has 2 atom stereocenters. The molecule has 0 N–H and O–H groups in total. The molecule has 27 heavy (non-hydrogen) atoms. The molecule has 0 radical (unpaired) electrons. The normalized spacial score (nSPS) is 23.7. The highest BCUT2D eigenvalue weighted by molar-refractivity contribution is 7.89. The summed E-state index contributed by atoms with van der Waals surface area (Å²) in [7, 11) is -2.46. The largest absolute Gasteiger partial charge is 0.495 e. The van der Waals surface area contributed by atoms with Gasteiger partial charge >= 0.3 is 11.9 Å². The van der Waals surface area contributed by atoms with Gasteiger partial charge in [0.05, 0.1) is 19.3 Å². The molecule has 2 aliphatic rings. The Hall–Kier alpha value is -2.13. The monoisotopic (exact) mass is 397 g/mol. The van der Waals surface area contributed by atoms with Crippen LogP contribution in [0.5, 0.6) is 5.75 Å². The summed E-state index contributed by atoms with van der Waals surface area (Å²) in [4.78, 5) is 23.8. The van der Waals surface area contributed by atoms with Crippen LogP contribution in [0.3, 0.4) is 0 Å². The number of rotatable bonds is 5. The number of cyclic esters (lactones) is 1. The molecule has 2 heterocycles. The van der Waals surface area contributed by atoms with Crippen molar-refractivity contribution >= 4 is 22.0 Å². The lowest BCUT2D eigenvalue weighted by molar-refractivity contribution is -0.145. The van der Waals surface area contributed by atoms with Gasteiger partial charge in [0.25, 0.3) is 0 Å². The number of ether oxygens (including phenoxy) is 3. The number of methoxy groups -OCH3 is 1. The van der Waals surface area contributed by atoms with Gasteiger partial charge in [-0.2, -0.15) is 4.31 Å². The van der Waals surface area contributed by atoms with E-state index in [1.807, 2.05) is 6.92 Å². The molecule has 2 saturated heterocycles. The van der Waals surface area contributed by atoms with E-state index in [1.54, 1.807) is 0 Å². The van der Waals surface area contributed by atoms with Gasteiger partial charge in [0.15, 0.2) is 0 Å². The smallest absolute Gasteiger partial charge is 0.347 e. The van der Waals surface area contributed by atoms with Gasteiger partial charge in [-0.05, 0) is 38.0 Å². The zero-order chi connectivity index (χ0) is 19.6. The van der Waals surface area contributed by atoms with Crippen LogP contribution >= 0.6 is 0 Å². The Bertz CT molecular complexity index is 836. The summed E-state index contributed by atoms with van der Waals surface area (Å²) >= 11 is 0. The predicted molar refractivity (Wildman–Crippen MR) is 95.0 cm³/mol. The molecular formula is C18H23NO7S. The summed E-state index contributed by atoms with van der Waals surface area (Å²) in [6.07, 6.45) is 1.89. The van der Waals surface area contributed by atoms with Crippen molar-refractivity contribution in [2.24, 2.45) is 0 Å². The summed E-state index contributed by atoms with van der Waals surface area (Å²) < 4.78 is 42.9. The first kappa shape index (κ1) is 19.6. The van der Waals surface area contributed by atoms with Crippen LogP contribution in [0.1, 0.15) is 43.0 Å². The van der Waals surface area contributed by atoms with Crippen molar-refractivity contribution in [3.63, 3.8) is 0 Å². The molecule has 1 aromatic rings. The second kappa shape index (κ2) is 7.85. The Morgan fingerprint density at radius 1 is 1.26 bits per heavy atom. The molecule has 2 fully saturated rings. The molecule has 0 aliphatic carbocycles. The quantitative estimate of drug-likeness (QED) is 0.698. The minimum atomic E-state index is -3.84. The third-order valence-corrected chi connectivity index (χ3v) is 6.90. The van der Waals surface area contributed by atoms with Crippen LogP contribution in [0.2, 0.25) is 0 Å². The molecule has 0 amide bonds. The van der Waals surface area contributed by atoms with E-state index in [9.17, 15) is 18.0 Å². The molecule has 0 bridgehead atoms. The lowest BCUT2D eigenvalue weighted by Gasteiger charge is -2.32. The van der Waals surface area contributed by atoms with Gasteiger partial charge in [0, 0.05) is 19.0 Å². The van der Waals surface area contributed by atoms with Crippen molar-refractivity contribution in [1.82, 2.24) is 4.31 Å². The van der Waals surface area contributed by atoms with Crippen LogP contribution in [0.15, 0.2) is 23.1 Å². The molecule has 2 aliphatic heterocycles. The second-order valence-corrected chi connectivity index (χ2v) is 8.54. The van der Waals surface area contributed by atoms with E-state index in [2.05, 4.69) is 0 Å². The molecule has 0 unspecified atom stereocenters. The molecule has 9 heteroatoms. The van der Waals surface area contributed by atoms with Gasteiger partial charge in [-0.1, -0.05) is 6.42 Å². The number of hydrogen-bond acceptors (Lipinski definition) is 7. The number of benzene rings is 1. The first-order valence-corrected chi connectivity index (χ1v) is 10.4. The van der Waals surface area contributed by atoms with Crippen LogP contribution in [0.4, 0.5) is 0 Å². The first-order valence-electron chi connectivity index (χ1n) is 8.92. The van der Waals surface area contributed by atoms with Crippen LogP contribution in [0.25, 0.3) is 0 Å². The van der Waals surface area contributed by atoms with Gasteiger partial charge in [-0.25, -0.2) is 18.0 Å². The van der Waals surface area contributed by atoms with Crippen LogP contribution < -0.4 is 4.74 Å². The standard InChI is InChI=1S/C18H23NO7S/c1-12-5-3-4-9-19(12)27(22,23)16-11-13(6-7-14(16)24-2)17(20)26-15-8-10-25-18(15)21/h6-7,11-12,15H,3-5,8-10H2,1-2H3/t12-,15+/m1/s1. The van der Waals surface area contributed by atoms with Gasteiger partial charge in [-0.3, -0.25) is 0 Å². The van der Waals surface area contributed by atoms with Crippen molar-refractivity contribution in [1.29, 1.82) is 0 Å². The maximum Gasteiger partial charge on any atom is 0.347 e. The van der Waals surface area contributed by atoms with Gasteiger partial charge in [-0.15, -0.1) is 0 Å².